The number of hydrogen-bond acceptors (Lipinski definition) is 2. The van der Waals surface area contributed by atoms with Crippen molar-refractivity contribution in [3.8, 4) is 0 Å². The first-order chi connectivity index (χ1) is 8.56. The van der Waals surface area contributed by atoms with Gasteiger partial charge in [0.1, 0.15) is 0 Å². The molecule has 2 unspecified atom stereocenters. The third kappa shape index (κ3) is 5.62. The first-order valence-corrected chi connectivity index (χ1v) is 6.64. The molecule has 0 saturated carbocycles. The van der Waals surface area contributed by atoms with E-state index in [2.05, 4.69) is 12.1 Å². The SMILES string of the molecule is CCN(CCc1ccccc1)C(=O)C(C)C(C)N.Cl. The molecule has 0 heterocycles. The fourth-order valence-electron chi connectivity index (χ4n) is 1.85. The maximum atomic E-state index is 12.2. The van der Waals surface area contributed by atoms with Crippen molar-refractivity contribution in [1.29, 1.82) is 0 Å². The molecule has 2 atom stereocenters. The van der Waals surface area contributed by atoms with Gasteiger partial charge in [-0.15, -0.1) is 12.4 Å². The molecule has 4 heteroatoms. The lowest BCUT2D eigenvalue weighted by Gasteiger charge is -2.26. The van der Waals surface area contributed by atoms with Crippen LogP contribution in [0, 0.1) is 5.92 Å². The van der Waals surface area contributed by atoms with Crippen LogP contribution in [0.2, 0.25) is 0 Å². The summed E-state index contributed by atoms with van der Waals surface area (Å²) in [6.45, 7) is 7.29. The summed E-state index contributed by atoms with van der Waals surface area (Å²) in [4.78, 5) is 14.1. The van der Waals surface area contributed by atoms with Crippen LogP contribution in [0.15, 0.2) is 30.3 Å². The quantitative estimate of drug-likeness (QED) is 0.872. The molecule has 0 spiro atoms. The second-order valence-electron chi connectivity index (χ2n) is 4.80. The maximum absolute atomic E-state index is 12.2. The molecule has 1 aromatic carbocycles. The van der Waals surface area contributed by atoms with Crippen LogP contribution in [-0.2, 0) is 11.2 Å². The monoisotopic (exact) mass is 284 g/mol. The van der Waals surface area contributed by atoms with Crippen molar-refractivity contribution in [3.05, 3.63) is 35.9 Å². The van der Waals surface area contributed by atoms with Crippen molar-refractivity contribution in [2.45, 2.75) is 33.2 Å². The zero-order valence-corrected chi connectivity index (χ0v) is 12.8. The first-order valence-electron chi connectivity index (χ1n) is 6.64. The zero-order valence-electron chi connectivity index (χ0n) is 12.0. The van der Waals surface area contributed by atoms with Gasteiger partial charge in [0.25, 0.3) is 0 Å². The molecule has 0 aliphatic heterocycles. The molecule has 1 aromatic rings. The summed E-state index contributed by atoms with van der Waals surface area (Å²) < 4.78 is 0. The van der Waals surface area contributed by atoms with Crippen molar-refractivity contribution >= 4 is 18.3 Å². The average Bonchev–Trinajstić information content (AvgIpc) is 2.39. The highest BCUT2D eigenvalue weighted by Crippen LogP contribution is 2.08. The fourth-order valence-corrected chi connectivity index (χ4v) is 1.85. The standard InChI is InChI=1S/C15H24N2O.ClH/c1-4-17(15(18)12(2)13(3)16)11-10-14-8-6-5-7-9-14;/h5-9,12-13H,4,10-11,16H2,1-3H3;1H. The lowest BCUT2D eigenvalue weighted by molar-refractivity contribution is -0.135. The van der Waals surface area contributed by atoms with Crippen LogP contribution < -0.4 is 5.73 Å². The minimum atomic E-state index is -0.110. The van der Waals surface area contributed by atoms with Crippen LogP contribution in [0.4, 0.5) is 0 Å². The van der Waals surface area contributed by atoms with Crippen molar-refractivity contribution < 1.29 is 4.79 Å². The van der Waals surface area contributed by atoms with Gasteiger partial charge < -0.3 is 10.6 Å². The summed E-state index contributed by atoms with van der Waals surface area (Å²) in [7, 11) is 0. The third-order valence-corrected chi connectivity index (χ3v) is 3.38. The van der Waals surface area contributed by atoms with Crippen LogP contribution >= 0.6 is 12.4 Å². The Balaban J connectivity index is 0.00000324. The Morgan fingerprint density at radius 3 is 2.32 bits per heavy atom. The first kappa shape index (κ1) is 17.9. The van der Waals surface area contributed by atoms with E-state index >= 15 is 0 Å². The van der Waals surface area contributed by atoms with Crippen molar-refractivity contribution in [1.82, 2.24) is 4.90 Å². The summed E-state index contributed by atoms with van der Waals surface area (Å²) in [5, 5.41) is 0. The Kier molecular flexibility index (Phi) is 8.44. The van der Waals surface area contributed by atoms with Crippen molar-refractivity contribution in [2.24, 2.45) is 11.7 Å². The molecule has 19 heavy (non-hydrogen) atoms. The maximum Gasteiger partial charge on any atom is 0.226 e. The summed E-state index contributed by atoms with van der Waals surface area (Å²) in [6, 6.07) is 10.1. The predicted molar refractivity (Wildman–Crippen MR) is 82.5 cm³/mol. The normalized spacial score (nSPS) is 13.3. The average molecular weight is 285 g/mol. The summed E-state index contributed by atoms with van der Waals surface area (Å²) in [5.41, 5.74) is 7.05. The minimum absolute atomic E-state index is 0. The number of carbonyl (C=O) groups is 1. The van der Waals surface area contributed by atoms with Crippen LogP contribution in [0.5, 0.6) is 0 Å². The van der Waals surface area contributed by atoms with E-state index in [0.717, 1.165) is 19.5 Å². The number of nitrogens with zero attached hydrogens (tertiary/aromatic N) is 1. The molecule has 0 bridgehead atoms. The van der Waals surface area contributed by atoms with E-state index in [9.17, 15) is 4.79 Å². The van der Waals surface area contributed by atoms with E-state index in [1.54, 1.807) is 0 Å². The number of carbonyl (C=O) groups excluding carboxylic acids is 1. The highest BCUT2D eigenvalue weighted by atomic mass is 35.5. The minimum Gasteiger partial charge on any atom is -0.342 e. The number of hydrogen-bond donors (Lipinski definition) is 1. The van der Waals surface area contributed by atoms with Crippen molar-refractivity contribution in [3.63, 3.8) is 0 Å². The number of likely N-dealkylation sites (N-methyl/N-ethyl adjacent to an activating group) is 1. The number of amides is 1. The molecule has 2 N–H and O–H groups in total. The Morgan fingerprint density at radius 2 is 1.84 bits per heavy atom. The molecule has 0 aliphatic rings. The van der Waals surface area contributed by atoms with E-state index in [0.29, 0.717) is 0 Å². The Morgan fingerprint density at radius 1 is 1.26 bits per heavy atom. The fraction of sp³-hybridized carbons (Fsp3) is 0.533. The van der Waals surface area contributed by atoms with Gasteiger partial charge in [0.15, 0.2) is 0 Å². The topological polar surface area (TPSA) is 46.3 Å². The molecule has 0 radical (unpaired) electrons. The van der Waals surface area contributed by atoms with Gasteiger partial charge in [-0.1, -0.05) is 37.3 Å². The molecule has 108 valence electrons. The molecular formula is C15H25ClN2O. The predicted octanol–water partition coefficient (Wildman–Crippen LogP) is 2.48. The Labute approximate surface area is 122 Å². The molecule has 0 aliphatic carbocycles. The van der Waals surface area contributed by atoms with Gasteiger partial charge in [0, 0.05) is 19.1 Å². The molecule has 0 aromatic heterocycles. The number of rotatable bonds is 6. The van der Waals surface area contributed by atoms with E-state index in [1.807, 2.05) is 43.9 Å². The third-order valence-electron chi connectivity index (χ3n) is 3.38. The van der Waals surface area contributed by atoms with Crippen LogP contribution in [0.1, 0.15) is 26.3 Å². The van der Waals surface area contributed by atoms with Gasteiger partial charge in [-0.25, -0.2) is 0 Å². The number of nitrogens with two attached hydrogens (primary N) is 1. The van der Waals surface area contributed by atoms with Gasteiger partial charge >= 0.3 is 0 Å². The largest absolute Gasteiger partial charge is 0.342 e. The van der Waals surface area contributed by atoms with Crippen LogP contribution in [0.25, 0.3) is 0 Å². The second-order valence-corrected chi connectivity index (χ2v) is 4.80. The van der Waals surface area contributed by atoms with Gasteiger partial charge in [-0.2, -0.15) is 0 Å². The van der Waals surface area contributed by atoms with Crippen molar-refractivity contribution in [2.75, 3.05) is 13.1 Å². The van der Waals surface area contributed by atoms with E-state index in [1.165, 1.54) is 5.56 Å². The Bertz CT molecular complexity index is 368. The van der Waals surface area contributed by atoms with Gasteiger partial charge in [-0.3, -0.25) is 4.79 Å². The number of benzene rings is 1. The highest BCUT2D eigenvalue weighted by molar-refractivity contribution is 5.85. The second kappa shape index (κ2) is 8.94. The molecule has 1 amide bonds. The molecule has 3 nitrogen and oxygen atoms in total. The van der Waals surface area contributed by atoms with Gasteiger partial charge in [0.05, 0.1) is 5.92 Å². The highest BCUT2D eigenvalue weighted by Gasteiger charge is 2.21. The van der Waals surface area contributed by atoms with Crippen LogP contribution in [-0.4, -0.2) is 29.9 Å². The molecule has 0 fully saturated rings. The van der Waals surface area contributed by atoms with E-state index < -0.39 is 0 Å². The van der Waals surface area contributed by atoms with Gasteiger partial charge in [-0.05, 0) is 25.8 Å². The summed E-state index contributed by atoms with van der Waals surface area (Å²) in [6.07, 6.45) is 0.895. The lowest BCUT2D eigenvalue weighted by atomic mass is 10.0. The molecular weight excluding hydrogens is 260 g/mol. The van der Waals surface area contributed by atoms with Gasteiger partial charge in [0.2, 0.25) is 5.91 Å². The van der Waals surface area contributed by atoms with E-state index in [4.69, 9.17) is 5.73 Å². The molecule has 0 saturated heterocycles. The Hall–Kier alpha value is -1.06. The lowest BCUT2D eigenvalue weighted by Crippen LogP contribution is -2.42. The summed E-state index contributed by atoms with van der Waals surface area (Å²) >= 11 is 0. The number of halogens is 1. The summed E-state index contributed by atoms with van der Waals surface area (Å²) in [5.74, 6) is 0.0455. The molecule has 1 rings (SSSR count). The smallest absolute Gasteiger partial charge is 0.226 e. The zero-order chi connectivity index (χ0) is 13.5. The van der Waals surface area contributed by atoms with Crippen LogP contribution in [0.3, 0.4) is 0 Å². The van der Waals surface area contributed by atoms with E-state index in [-0.39, 0.29) is 30.3 Å².